The summed E-state index contributed by atoms with van der Waals surface area (Å²) in [7, 11) is 0. The molecule has 0 fully saturated rings. The third-order valence-corrected chi connectivity index (χ3v) is 1.74. The maximum atomic E-state index is 11.3. The number of anilines is 2. The van der Waals surface area contributed by atoms with Crippen LogP contribution in [-0.2, 0) is 0 Å². The number of nitrogens with two attached hydrogens (primary N) is 2. The number of hydrogen-bond acceptors (Lipinski definition) is 5. The van der Waals surface area contributed by atoms with Crippen LogP contribution in [0, 0.1) is 0 Å². The highest BCUT2D eigenvalue weighted by Crippen LogP contribution is 2.16. The standard InChI is InChI=1S/C7H10ClN5O/c1-2-11-7(14)3-5(9)13-6(10)4(8)12-3/h2H2,1H3,(H,11,14)(H4,9,10,13). The molecule has 1 heterocycles. The van der Waals surface area contributed by atoms with Gasteiger partial charge >= 0.3 is 0 Å². The monoisotopic (exact) mass is 215 g/mol. The zero-order valence-corrected chi connectivity index (χ0v) is 8.30. The van der Waals surface area contributed by atoms with E-state index in [-0.39, 0.29) is 22.5 Å². The molecule has 0 aromatic carbocycles. The highest BCUT2D eigenvalue weighted by Gasteiger charge is 2.14. The molecule has 14 heavy (non-hydrogen) atoms. The van der Waals surface area contributed by atoms with Gasteiger partial charge in [-0.2, -0.15) is 0 Å². The number of hydrogen-bond donors (Lipinski definition) is 3. The summed E-state index contributed by atoms with van der Waals surface area (Å²) >= 11 is 5.60. The molecular weight excluding hydrogens is 206 g/mol. The number of carbonyl (C=O) groups is 1. The number of nitrogen functional groups attached to an aromatic ring is 2. The van der Waals surface area contributed by atoms with Gasteiger partial charge in [0, 0.05) is 6.54 Å². The summed E-state index contributed by atoms with van der Waals surface area (Å²) in [5.74, 6) is -0.436. The van der Waals surface area contributed by atoms with E-state index in [1.807, 2.05) is 0 Å². The predicted octanol–water partition coefficient (Wildman–Crippen LogP) is 0.0441. The van der Waals surface area contributed by atoms with Crippen LogP contribution in [0.2, 0.25) is 5.15 Å². The van der Waals surface area contributed by atoms with Crippen molar-refractivity contribution in [3.63, 3.8) is 0 Å². The van der Waals surface area contributed by atoms with Crippen molar-refractivity contribution in [3.05, 3.63) is 10.8 Å². The SMILES string of the molecule is CCNC(=O)c1nc(Cl)c(N)nc1N. The van der Waals surface area contributed by atoms with E-state index in [4.69, 9.17) is 23.1 Å². The molecule has 0 radical (unpaired) electrons. The van der Waals surface area contributed by atoms with Crippen molar-refractivity contribution in [2.45, 2.75) is 6.92 Å². The molecule has 0 saturated heterocycles. The molecule has 76 valence electrons. The third-order valence-electron chi connectivity index (χ3n) is 1.46. The number of amides is 1. The Morgan fingerprint density at radius 2 is 2.07 bits per heavy atom. The van der Waals surface area contributed by atoms with Gasteiger partial charge in [-0.3, -0.25) is 4.79 Å². The van der Waals surface area contributed by atoms with Crippen molar-refractivity contribution in [1.82, 2.24) is 15.3 Å². The second-order valence-corrected chi connectivity index (χ2v) is 2.85. The average Bonchev–Trinajstić information content (AvgIpc) is 2.11. The summed E-state index contributed by atoms with van der Waals surface area (Å²) in [5, 5.41) is 2.50. The fourth-order valence-corrected chi connectivity index (χ4v) is 0.980. The summed E-state index contributed by atoms with van der Waals surface area (Å²) in [6.45, 7) is 2.25. The largest absolute Gasteiger partial charge is 0.382 e. The molecule has 1 rings (SSSR count). The van der Waals surface area contributed by atoms with Gasteiger partial charge in [0.1, 0.15) is 0 Å². The van der Waals surface area contributed by atoms with Crippen LogP contribution < -0.4 is 16.8 Å². The van der Waals surface area contributed by atoms with Gasteiger partial charge < -0.3 is 16.8 Å². The second kappa shape index (κ2) is 4.10. The summed E-state index contributed by atoms with van der Waals surface area (Å²) in [6.07, 6.45) is 0. The minimum Gasteiger partial charge on any atom is -0.382 e. The fourth-order valence-electron chi connectivity index (χ4n) is 0.853. The first-order valence-electron chi connectivity index (χ1n) is 3.93. The molecule has 5 N–H and O–H groups in total. The molecule has 1 aromatic rings. The number of halogens is 1. The summed E-state index contributed by atoms with van der Waals surface area (Å²) < 4.78 is 0. The Hall–Kier alpha value is -1.56. The number of aromatic nitrogens is 2. The average molecular weight is 216 g/mol. The van der Waals surface area contributed by atoms with Crippen LogP contribution in [0.15, 0.2) is 0 Å². The fraction of sp³-hybridized carbons (Fsp3) is 0.286. The lowest BCUT2D eigenvalue weighted by molar-refractivity contribution is 0.0951. The number of carbonyl (C=O) groups excluding carboxylic acids is 1. The van der Waals surface area contributed by atoms with E-state index in [1.165, 1.54) is 0 Å². The van der Waals surface area contributed by atoms with Gasteiger partial charge in [0.15, 0.2) is 22.5 Å². The van der Waals surface area contributed by atoms with Crippen molar-refractivity contribution >= 4 is 29.1 Å². The Morgan fingerprint density at radius 1 is 1.43 bits per heavy atom. The van der Waals surface area contributed by atoms with Crippen molar-refractivity contribution in [1.29, 1.82) is 0 Å². The van der Waals surface area contributed by atoms with Crippen LogP contribution in [0.4, 0.5) is 11.6 Å². The van der Waals surface area contributed by atoms with Gasteiger partial charge in [-0.15, -0.1) is 0 Å². The summed E-state index contributed by atoms with van der Waals surface area (Å²) in [5.41, 5.74) is 10.8. The zero-order chi connectivity index (χ0) is 10.7. The molecule has 6 nitrogen and oxygen atoms in total. The molecule has 0 aliphatic rings. The van der Waals surface area contributed by atoms with Gasteiger partial charge in [-0.25, -0.2) is 9.97 Å². The molecule has 0 aliphatic heterocycles. The van der Waals surface area contributed by atoms with Gasteiger partial charge in [0.2, 0.25) is 0 Å². The van der Waals surface area contributed by atoms with E-state index in [1.54, 1.807) is 6.92 Å². The van der Waals surface area contributed by atoms with E-state index in [0.717, 1.165) is 0 Å². The zero-order valence-electron chi connectivity index (χ0n) is 7.54. The van der Waals surface area contributed by atoms with Crippen LogP contribution in [0.25, 0.3) is 0 Å². The van der Waals surface area contributed by atoms with Crippen LogP contribution in [0.5, 0.6) is 0 Å². The van der Waals surface area contributed by atoms with Gasteiger partial charge in [0.25, 0.3) is 5.91 Å². The first-order valence-corrected chi connectivity index (χ1v) is 4.30. The molecular formula is C7H10ClN5O. The molecule has 0 atom stereocenters. The first-order chi connectivity index (χ1) is 6.56. The van der Waals surface area contributed by atoms with Crippen LogP contribution >= 0.6 is 11.6 Å². The van der Waals surface area contributed by atoms with Gasteiger partial charge in [0.05, 0.1) is 0 Å². The van der Waals surface area contributed by atoms with Gasteiger partial charge in [-0.1, -0.05) is 11.6 Å². The third kappa shape index (κ3) is 2.02. The molecule has 0 saturated carbocycles. The second-order valence-electron chi connectivity index (χ2n) is 2.49. The van der Waals surface area contributed by atoms with Gasteiger partial charge in [-0.05, 0) is 6.92 Å². The molecule has 0 spiro atoms. The van der Waals surface area contributed by atoms with E-state index in [2.05, 4.69) is 15.3 Å². The molecule has 1 amide bonds. The molecule has 1 aromatic heterocycles. The minimum atomic E-state index is -0.417. The Morgan fingerprint density at radius 3 is 2.64 bits per heavy atom. The van der Waals surface area contributed by atoms with Crippen LogP contribution in [-0.4, -0.2) is 22.4 Å². The first kappa shape index (κ1) is 10.5. The lowest BCUT2D eigenvalue weighted by Gasteiger charge is -2.05. The smallest absolute Gasteiger partial charge is 0.273 e. The number of nitrogens with one attached hydrogen (secondary N) is 1. The maximum Gasteiger partial charge on any atom is 0.273 e. The Labute approximate surface area is 85.7 Å². The van der Waals surface area contributed by atoms with Crippen LogP contribution in [0.3, 0.4) is 0 Å². The Kier molecular flexibility index (Phi) is 3.08. The van der Waals surface area contributed by atoms with Crippen molar-refractivity contribution < 1.29 is 4.79 Å². The molecule has 7 heteroatoms. The van der Waals surface area contributed by atoms with E-state index < -0.39 is 5.91 Å². The summed E-state index contributed by atoms with van der Waals surface area (Å²) in [6, 6.07) is 0. The quantitative estimate of drug-likeness (QED) is 0.646. The minimum absolute atomic E-state index is 0.00829. The van der Waals surface area contributed by atoms with Crippen molar-refractivity contribution in [2.75, 3.05) is 18.0 Å². The molecule has 0 aliphatic carbocycles. The topological polar surface area (TPSA) is 107 Å². The predicted molar refractivity (Wildman–Crippen MR) is 53.9 cm³/mol. The number of rotatable bonds is 2. The molecule has 0 bridgehead atoms. The van der Waals surface area contributed by atoms with Crippen molar-refractivity contribution in [2.24, 2.45) is 0 Å². The van der Waals surface area contributed by atoms with E-state index in [0.29, 0.717) is 6.54 Å². The lowest BCUT2D eigenvalue weighted by atomic mass is 10.4. The summed E-state index contributed by atoms with van der Waals surface area (Å²) in [4.78, 5) is 18.7. The van der Waals surface area contributed by atoms with Crippen molar-refractivity contribution in [3.8, 4) is 0 Å². The maximum absolute atomic E-state index is 11.3. The highest BCUT2D eigenvalue weighted by molar-refractivity contribution is 6.31. The van der Waals surface area contributed by atoms with E-state index >= 15 is 0 Å². The lowest BCUT2D eigenvalue weighted by Crippen LogP contribution is -2.25. The number of nitrogens with zero attached hydrogens (tertiary/aromatic N) is 2. The highest BCUT2D eigenvalue weighted by atomic mass is 35.5. The van der Waals surface area contributed by atoms with E-state index in [9.17, 15) is 4.79 Å². The Balaban J connectivity index is 3.09. The van der Waals surface area contributed by atoms with Crippen LogP contribution in [0.1, 0.15) is 17.4 Å². The molecule has 0 unspecified atom stereocenters. The Bertz CT molecular complexity index is 367. The normalized spacial score (nSPS) is 9.86.